The van der Waals surface area contributed by atoms with Gasteiger partial charge in [-0.05, 0) is 55.9 Å². The van der Waals surface area contributed by atoms with Crippen molar-refractivity contribution < 1.29 is 16.1 Å². The third-order valence-electron chi connectivity index (χ3n) is 5.93. The van der Waals surface area contributed by atoms with Gasteiger partial charge in [0, 0.05) is 26.0 Å². The Morgan fingerprint density at radius 2 is 1.90 bits per heavy atom. The van der Waals surface area contributed by atoms with Gasteiger partial charge < -0.3 is 11.1 Å². The fourth-order valence-electron chi connectivity index (χ4n) is 3.98. The number of carbonyl (C=O) groups excluding carboxylic acids is 1. The number of nitrogens with zero attached hydrogens (tertiary/aromatic N) is 2. The summed E-state index contributed by atoms with van der Waals surface area (Å²) in [5, 5.41) is 13.8. The average Bonchev–Trinajstić information content (AvgIpc) is 3.53. The number of amides is 1. The molecule has 0 heterocycles. The van der Waals surface area contributed by atoms with E-state index in [1.165, 1.54) is 17.1 Å². The Morgan fingerprint density at radius 1 is 1.29 bits per heavy atom. The highest BCUT2D eigenvalue weighted by atomic mass is 32.2. The summed E-state index contributed by atoms with van der Waals surface area (Å²) in [4.78, 5) is 12.9. The third-order valence-corrected chi connectivity index (χ3v) is 6.54. The number of hydrogen-bond acceptors (Lipinski definition) is 7. The van der Waals surface area contributed by atoms with Gasteiger partial charge in [0.05, 0.1) is 18.4 Å². The van der Waals surface area contributed by atoms with E-state index < -0.39 is 21.6 Å². The first-order chi connectivity index (χ1) is 14.6. The van der Waals surface area contributed by atoms with Crippen LogP contribution in [-0.2, 0) is 10.0 Å². The number of hydrazine groups is 1. The van der Waals surface area contributed by atoms with E-state index in [9.17, 15) is 18.5 Å². The second-order valence-corrected chi connectivity index (χ2v) is 10.2. The Bertz CT molecular complexity index is 984. The molecule has 0 saturated heterocycles. The van der Waals surface area contributed by atoms with Crippen LogP contribution in [0.4, 0.5) is 5.69 Å². The van der Waals surface area contributed by atoms with Gasteiger partial charge in [-0.2, -0.15) is 5.26 Å². The fourth-order valence-corrected chi connectivity index (χ4v) is 4.54. The zero-order chi connectivity index (χ0) is 22.6. The Balaban J connectivity index is 0.00000272. The van der Waals surface area contributed by atoms with Gasteiger partial charge in [0.1, 0.15) is 5.54 Å². The van der Waals surface area contributed by atoms with Crippen LogP contribution in [-0.4, -0.2) is 37.2 Å². The average molecular weight is 451 g/mol. The van der Waals surface area contributed by atoms with Gasteiger partial charge in [-0.15, -0.1) is 0 Å². The molecule has 1 aromatic carbocycles. The van der Waals surface area contributed by atoms with Gasteiger partial charge in [0.15, 0.2) is 0 Å². The van der Waals surface area contributed by atoms with E-state index in [2.05, 4.69) is 16.1 Å². The highest BCUT2D eigenvalue weighted by Crippen LogP contribution is 2.39. The van der Waals surface area contributed by atoms with Gasteiger partial charge >= 0.3 is 0 Å². The molecule has 172 valence electrons. The first-order valence-electron chi connectivity index (χ1n) is 10.4. The predicted molar refractivity (Wildman–Crippen MR) is 123 cm³/mol. The summed E-state index contributed by atoms with van der Waals surface area (Å²) in [5.41, 5.74) is 6.90. The molecule has 0 aromatic heterocycles. The van der Waals surface area contributed by atoms with Crippen LogP contribution in [0.1, 0.15) is 58.2 Å². The van der Waals surface area contributed by atoms with Gasteiger partial charge in [0.25, 0.3) is 5.91 Å². The molecule has 2 fully saturated rings. The van der Waals surface area contributed by atoms with Crippen molar-refractivity contribution in [2.45, 2.75) is 56.5 Å². The quantitative estimate of drug-likeness (QED) is 0.350. The Hall–Kier alpha value is -2.77. The maximum Gasteiger partial charge on any atom is 0.251 e. The van der Waals surface area contributed by atoms with Crippen molar-refractivity contribution >= 4 is 21.6 Å². The van der Waals surface area contributed by atoms with Crippen LogP contribution in [0, 0.1) is 17.2 Å². The zero-order valence-electron chi connectivity index (χ0n) is 17.7. The molecule has 2 saturated carbocycles. The molecular formula is C21H34N6O3S. The summed E-state index contributed by atoms with van der Waals surface area (Å²) < 4.78 is 25.1. The molecule has 10 heteroatoms. The van der Waals surface area contributed by atoms with Crippen LogP contribution in [0.25, 0.3) is 0 Å². The largest absolute Gasteiger partial charge is 0.399 e. The van der Waals surface area contributed by atoms with E-state index in [1.54, 1.807) is 18.3 Å². The van der Waals surface area contributed by atoms with E-state index in [4.69, 9.17) is 11.6 Å². The maximum atomic E-state index is 12.9. The van der Waals surface area contributed by atoms with E-state index >= 15 is 0 Å². The number of benzene rings is 1. The molecule has 0 aliphatic heterocycles. The second-order valence-electron chi connectivity index (χ2n) is 8.48. The fraction of sp³-hybridized carbons (Fsp3) is 0.524. The molecule has 0 radical (unpaired) electrons. The molecule has 6 N–H and O–H groups in total. The van der Waals surface area contributed by atoms with E-state index in [-0.39, 0.29) is 14.7 Å². The summed E-state index contributed by atoms with van der Waals surface area (Å²) in [6, 6.07) is 8.02. The SMILES string of the molecule is CS(=O)(=O)Nc1ccc(C(=O)N[C@H](/C(N)=C/N(N)C2(C#N)CC2)C2CCCCC2)cc1.[HH].[HH]. The Kier molecular flexibility index (Phi) is 6.77. The second kappa shape index (κ2) is 9.16. The van der Waals surface area contributed by atoms with Gasteiger partial charge in [-0.1, -0.05) is 19.3 Å². The minimum Gasteiger partial charge on any atom is -0.399 e. The number of nitrogens with two attached hydrogens (primary N) is 2. The summed E-state index contributed by atoms with van der Waals surface area (Å²) in [6.45, 7) is 0. The third kappa shape index (κ3) is 5.89. The number of nitriles is 1. The maximum absolute atomic E-state index is 12.9. The molecule has 1 aromatic rings. The van der Waals surface area contributed by atoms with Crippen LogP contribution < -0.4 is 21.6 Å². The van der Waals surface area contributed by atoms with Crippen molar-refractivity contribution in [2.75, 3.05) is 11.0 Å². The smallest absolute Gasteiger partial charge is 0.251 e. The van der Waals surface area contributed by atoms with Crippen molar-refractivity contribution in [3.8, 4) is 6.07 Å². The van der Waals surface area contributed by atoms with Crippen LogP contribution in [0.2, 0.25) is 0 Å². The zero-order valence-corrected chi connectivity index (χ0v) is 18.5. The topological polar surface area (TPSA) is 154 Å². The Labute approximate surface area is 186 Å². The molecule has 9 nitrogen and oxygen atoms in total. The molecule has 0 unspecified atom stereocenters. The summed E-state index contributed by atoms with van der Waals surface area (Å²) >= 11 is 0. The Morgan fingerprint density at radius 3 is 2.42 bits per heavy atom. The lowest BCUT2D eigenvalue weighted by molar-refractivity contribution is 0.0922. The van der Waals surface area contributed by atoms with E-state index in [0.717, 1.165) is 38.4 Å². The standard InChI is InChI=1S/C21H30N6O3S.2H2/c1-31(29,30)26-17-9-7-16(8-10-17)20(28)25-19(15-5-3-2-4-6-15)18(23)13-27(24)21(14-22)11-12-21;;/h7-10,13,15,19,26H,2-6,11-12,23-24H2,1H3,(H,25,28);2*1H/b18-13-;;/t19-;;/m0../s1. The van der Waals surface area contributed by atoms with Crippen molar-refractivity contribution in [1.82, 2.24) is 10.3 Å². The molecule has 1 atom stereocenters. The lowest BCUT2D eigenvalue weighted by Gasteiger charge is -2.32. The number of rotatable bonds is 8. The highest BCUT2D eigenvalue weighted by Gasteiger charge is 2.47. The molecule has 0 spiro atoms. The molecular weight excluding hydrogens is 416 g/mol. The number of nitrogens with one attached hydrogen (secondary N) is 2. The highest BCUT2D eigenvalue weighted by molar-refractivity contribution is 7.92. The first-order valence-corrected chi connectivity index (χ1v) is 12.3. The predicted octanol–water partition coefficient (Wildman–Crippen LogP) is 2.26. The molecule has 1 amide bonds. The number of hydrogen-bond donors (Lipinski definition) is 4. The van der Waals surface area contributed by atoms with Crippen LogP contribution in [0.3, 0.4) is 0 Å². The molecule has 3 rings (SSSR count). The summed E-state index contributed by atoms with van der Waals surface area (Å²) in [7, 11) is -3.39. The van der Waals surface area contributed by atoms with Crippen molar-refractivity contribution in [2.24, 2.45) is 17.5 Å². The van der Waals surface area contributed by atoms with E-state index in [0.29, 0.717) is 29.8 Å². The van der Waals surface area contributed by atoms with Gasteiger partial charge in [0.2, 0.25) is 10.0 Å². The van der Waals surface area contributed by atoms with Crippen LogP contribution in [0.15, 0.2) is 36.2 Å². The van der Waals surface area contributed by atoms with Crippen molar-refractivity contribution in [3.63, 3.8) is 0 Å². The van der Waals surface area contributed by atoms with Gasteiger partial charge in [-0.3, -0.25) is 14.5 Å². The molecule has 2 aliphatic carbocycles. The van der Waals surface area contributed by atoms with Crippen molar-refractivity contribution in [3.05, 3.63) is 41.7 Å². The number of carbonyl (C=O) groups is 1. The number of anilines is 1. The lowest BCUT2D eigenvalue weighted by atomic mass is 9.82. The van der Waals surface area contributed by atoms with Crippen LogP contribution in [0.5, 0.6) is 0 Å². The lowest BCUT2D eigenvalue weighted by Crippen LogP contribution is -2.46. The van der Waals surface area contributed by atoms with Crippen molar-refractivity contribution in [1.29, 1.82) is 5.26 Å². The molecule has 31 heavy (non-hydrogen) atoms. The van der Waals surface area contributed by atoms with Crippen LogP contribution >= 0.6 is 0 Å². The summed E-state index contributed by atoms with van der Waals surface area (Å²) in [6.07, 6.45) is 9.24. The minimum atomic E-state index is -3.39. The normalized spacial score (nSPS) is 19.7. The molecule has 2 aliphatic rings. The monoisotopic (exact) mass is 450 g/mol. The molecule has 0 bridgehead atoms. The summed E-state index contributed by atoms with van der Waals surface area (Å²) in [5.74, 6) is 5.97. The van der Waals surface area contributed by atoms with Gasteiger partial charge in [-0.25, -0.2) is 14.3 Å². The first kappa shape index (κ1) is 22.9. The van der Waals surface area contributed by atoms with E-state index in [1.807, 2.05) is 0 Å². The minimum absolute atomic E-state index is 0. The number of sulfonamides is 1.